The Hall–Kier alpha value is -4.14. The molecule has 2 aromatic carbocycles. The largest absolute Gasteiger partial charge is 0.465 e. The van der Waals surface area contributed by atoms with Crippen molar-refractivity contribution in [2.24, 2.45) is 0 Å². The highest BCUT2D eigenvalue weighted by atomic mass is 35.5. The van der Waals surface area contributed by atoms with E-state index < -0.39 is 5.97 Å². The maximum Gasteiger partial charge on any atom is 0.344 e. The van der Waals surface area contributed by atoms with E-state index in [1.165, 1.54) is 19.4 Å². The molecule has 5 rings (SSSR count). The summed E-state index contributed by atoms with van der Waals surface area (Å²) in [6.07, 6.45) is 4.58. The second-order valence-electron chi connectivity index (χ2n) is 7.36. The summed E-state index contributed by atoms with van der Waals surface area (Å²) in [5, 5.41) is 9.19. The van der Waals surface area contributed by atoms with Crippen molar-refractivity contribution in [3.63, 3.8) is 0 Å². The second kappa shape index (κ2) is 9.25. The molecule has 10 heteroatoms. The van der Waals surface area contributed by atoms with Gasteiger partial charge in [0.2, 0.25) is 0 Å². The Morgan fingerprint density at radius 1 is 0.943 bits per heavy atom. The first-order valence-corrected chi connectivity index (χ1v) is 11.0. The van der Waals surface area contributed by atoms with E-state index >= 15 is 0 Å². The lowest BCUT2D eigenvalue weighted by atomic mass is 10.0. The molecular formula is C25H15Cl2N3O5. The number of carbonyl (C=O) groups is 1. The van der Waals surface area contributed by atoms with Crippen LogP contribution in [0.1, 0.15) is 21.7 Å². The van der Waals surface area contributed by atoms with Gasteiger partial charge in [-0.25, -0.2) is 4.79 Å². The van der Waals surface area contributed by atoms with Crippen molar-refractivity contribution in [3.8, 4) is 22.5 Å². The molecule has 0 saturated carbocycles. The van der Waals surface area contributed by atoms with E-state index in [1.54, 1.807) is 54.6 Å². The average molecular weight is 508 g/mol. The van der Waals surface area contributed by atoms with Crippen LogP contribution in [0.15, 0.2) is 68.6 Å². The van der Waals surface area contributed by atoms with Gasteiger partial charge < -0.3 is 18.8 Å². The third-order valence-corrected chi connectivity index (χ3v) is 5.98. The molecule has 0 aliphatic heterocycles. The van der Waals surface area contributed by atoms with Gasteiger partial charge in [0.25, 0.3) is 5.56 Å². The summed E-state index contributed by atoms with van der Waals surface area (Å²) in [4.78, 5) is 27.9. The van der Waals surface area contributed by atoms with E-state index in [-0.39, 0.29) is 33.5 Å². The van der Waals surface area contributed by atoms with Crippen LogP contribution < -0.4 is 5.56 Å². The molecule has 0 spiro atoms. The monoisotopic (exact) mass is 507 g/mol. The number of methoxy groups -OCH3 is 1. The Kier molecular flexibility index (Phi) is 5.98. The molecule has 0 radical (unpaired) electrons. The molecule has 0 atom stereocenters. The highest BCUT2D eigenvalue weighted by Crippen LogP contribution is 2.34. The highest BCUT2D eigenvalue weighted by Gasteiger charge is 2.25. The summed E-state index contributed by atoms with van der Waals surface area (Å²) in [6.45, 7) is 0. The van der Waals surface area contributed by atoms with Gasteiger partial charge in [-0.2, -0.15) is 0 Å². The summed E-state index contributed by atoms with van der Waals surface area (Å²) in [7, 11) is 1.26. The Balaban J connectivity index is 1.61. The van der Waals surface area contributed by atoms with Crippen LogP contribution in [0.3, 0.4) is 0 Å². The zero-order chi connectivity index (χ0) is 24.5. The van der Waals surface area contributed by atoms with Crippen molar-refractivity contribution in [3.05, 3.63) is 92.0 Å². The molecule has 0 fully saturated rings. The molecule has 8 nitrogen and oxygen atoms in total. The molecule has 35 heavy (non-hydrogen) atoms. The quantitative estimate of drug-likeness (QED) is 0.286. The molecule has 1 N–H and O–H groups in total. The summed E-state index contributed by atoms with van der Waals surface area (Å²) < 4.78 is 15.9. The number of aromatic amines is 1. The SMILES string of the molecule is COC(=O)c1c(-c2ccccc2Cl)noc1C=Cc1c[nH]c(=O)c2c(-c3ccccc3Cl)noc12. The highest BCUT2D eigenvalue weighted by molar-refractivity contribution is 6.34. The van der Waals surface area contributed by atoms with E-state index in [2.05, 4.69) is 15.3 Å². The molecule has 0 saturated heterocycles. The van der Waals surface area contributed by atoms with Gasteiger partial charge in [0.1, 0.15) is 22.3 Å². The van der Waals surface area contributed by atoms with Crippen molar-refractivity contribution in [1.29, 1.82) is 0 Å². The number of carbonyl (C=O) groups excluding carboxylic acids is 1. The van der Waals surface area contributed by atoms with E-state index in [0.29, 0.717) is 32.4 Å². The molecule has 0 aliphatic carbocycles. The summed E-state index contributed by atoms with van der Waals surface area (Å²) >= 11 is 12.6. The third-order valence-electron chi connectivity index (χ3n) is 5.32. The number of fused-ring (bicyclic) bond motifs is 1. The first-order chi connectivity index (χ1) is 17.0. The van der Waals surface area contributed by atoms with Gasteiger partial charge in [-0.15, -0.1) is 0 Å². The number of rotatable bonds is 5. The van der Waals surface area contributed by atoms with Crippen molar-refractivity contribution >= 4 is 52.3 Å². The van der Waals surface area contributed by atoms with Crippen molar-refractivity contribution < 1.29 is 18.6 Å². The number of nitrogens with zero attached hydrogens (tertiary/aromatic N) is 2. The number of hydrogen-bond acceptors (Lipinski definition) is 7. The zero-order valence-electron chi connectivity index (χ0n) is 18.0. The summed E-state index contributed by atoms with van der Waals surface area (Å²) in [5.74, 6) is -0.509. The number of nitrogens with one attached hydrogen (secondary N) is 1. The third kappa shape index (κ3) is 4.03. The van der Waals surface area contributed by atoms with Crippen molar-refractivity contribution in [1.82, 2.24) is 15.3 Å². The molecule has 174 valence electrons. The molecule has 0 bridgehead atoms. The number of aromatic nitrogens is 3. The summed E-state index contributed by atoms with van der Waals surface area (Å²) in [5.41, 5.74) is 2.09. The Labute approximate surface area is 207 Å². The van der Waals surface area contributed by atoms with Gasteiger partial charge in [-0.1, -0.05) is 69.9 Å². The Morgan fingerprint density at radius 2 is 1.57 bits per heavy atom. The minimum absolute atomic E-state index is 0.104. The first kappa shape index (κ1) is 22.6. The van der Waals surface area contributed by atoms with Crippen molar-refractivity contribution in [2.45, 2.75) is 0 Å². The van der Waals surface area contributed by atoms with Crippen LogP contribution >= 0.6 is 23.2 Å². The fourth-order valence-corrected chi connectivity index (χ4v) is 4.11. The normalized spacial score (nSPS) is 11.4. The topological polar surface area (TPSA) is 111 Å². The van der Waals surface area contributed by atoms with Crippen LogP contribution in [0.2, 0.25) is 10.0 Å². The van der Waals surface area contributed by atoms with Crippen LogP contribution in [0.4, 0.5) is 0 Å². The minimum atomic E-state index is -0.645. The molecular weight excluding hydrogens is 493 g/mol. The van der Waals surface area contributed by atoms with Gasteiger partial charge in [0.05, 0.1) is 17.2 Å². The van der Waals surface area contributed by atoms with Crippen LogP contribution in [-0.4, -0.2) is 28.4 Å². The van der Waals surface area contributed by atoms with Gasteiger partial charge >= 0.3 is 5.97 Å². The molecule has 5 aromatic rings. The summed E-state index contributed by atoms with van der Waals surface area (Å²) in [6, 6.07) is 13.9. The second-order valence-corrected chi connectivity index (χ2v) is 8.18. The van der Waals surface area contributed by atoms with E-state index in [9.17, 15) is 9.59 Å². The van der Waals surface area contributed by atoms with Gasteiger partial charge in [-0.05, 0) is 24.3 Å². The standard InChI is InChI=1S/C25H15Cl2N3O5/c1-33-25(32)19-18(34-29-21(19)14-6-2-4-8-16(14)26)11-10-13-12-28-24(31)20-22(30-35-23(13)20)15-7-3-5-9-17(15)27/h2-12H,1H3,(H,28,31). The lowest BCUT2D eigenvalue weighted by Crippen LogP contribution is -2.06. The number of ether oxygens (including phenoxy) is 1. The Morgan fingerprint density at radius 3 is 2.23 bits per heavy atom. The predicted molar refractivity (Wildman–Crippen MR) is 132 cm³/mol. The maximum absolute atomic E-state index is 12.6. The lowest BCUT2D eigenvalue weighted by molar-refractivity contribution is 0.0600. The molecule has 3 aromatic heterocycles. The van der Waals surface area contributed by atoms with E-state index in [4.69, 9.17) is 37.0 Å². The van der Waals surface area contributed by atoms with Gasteiger partial charge in [0, 0.05) is 22.9 Å². The van der Waals surface area contributed by atoms with E-state index in [1.807, 2.05) is 0 Å². The van der Waals surface area contributed by atoms with Crippen LogP contribution in [0.5, 0.6) is 0 Å². The number of halogens is 2. The van der Waals surface area contributed by atoms with Crippen LogP contribution in [0, 0.1) is 0 Å². The number of pyridine rings is 1. The average Bonchev–Trinajstić information content (AvgIpc) is 3.49. The van der Waals surface area contributed by atoms with Gasteiger partial charge in [-0.3, -0.25) is 4.79 Å². The number of hydrogen-bond donors (Lipinski definition) is 1. The number of benzene rings is 2. The Bertz CT molecular complexity index is 1670. The fourth-order valence-electron chi connectivity index (χ4n) is 3.66. The molecule has 0 amide bonds. The fraction of sp³-hybridized carbons (Fsp3) is 0.0400. The smallest absolute Gasteiger partial charge is 0.344 e. The first-order valence-electron chi connectivity index (χ1n) is 10.3. The number of H-pyrrole nitrogens is 1. The number of esters is 1. The predicted octanol–water partition coefficient (Wildman–Crippen LogP) is 6.10. The molecule has 0 aliphatic rings. The molecule has 0 unspecified atom stereocenters. The van der Waals surface area contributed by atoms with E-state index in [0.717, 1.165) is 0 Å². The zero-order valence-corrected chi connectivity index (χ0v) is 19.6. The van der Waals surface area contributed by atoms with Crippen molar-refractivity contribution in [2.75, 3.05) is 7.11 Å². The van der Waals surface area contributed by atoms with Crippen LogP contribution in [-0.2, 0) is 4.74 Å². The maximum atomic E-state index is 12.6. The minimum Gasteiger partial charge on any atom is -0.465 e. The van der Waals surface area contributed by atoms with Crippen LogP contribution in [0.25, 0.3) is 45.6 Å². The lowest BCUT2D eigenvalue weighted by Gasteiger charge is -2.03. The van der Waals surface area contributed by atoms with Gasteiger partial charge in [0.15, 0.2) is 11.3 Å². The molecule has 3 heterocycles.